The summed E-state index contributed by atoms with van der Waals surface area (Å²) in [5, 5.41) is 8.63. The molecule has 10 heteroatoms. The first-order valence-corrected chi connectivity index (χ1v) is 5.44. The molecule has 7 nitrogen and oxygen atoms in total. The number of halogens is 3. The summed E-state index contributed by atoms with van der Waals surface area (Å²) < 4.78 is 37.0. The first kappa shape index (κ1) is 16.4. The van der Waals surface area contributed by atoms with Gasteiger partial charge in [0.2, 0.25) is 5.91 Å². The molecule has 0 aliphatic heterocycles. The maximum Gasteiger partial charge on any atom is 0.417 e. The van der Waals surface area contributed by atoms with Gasteiger partial charge in [0.25, 0.3) is 5.91 Å². The number of amides is 2. The minimum Gasteiger partial charge on any atom is -0.480 e. The number of alkyl halides is 3. The van der Waals surface area contributed by atoms with Gasteiger partial charge in [0.05, 0.1) is 5.56 Å². The number of carboxylic acid groups (broad SMARTS) is 1. The Labute approximate surface area is 116 Å². The lowest BCUT2D eigenvalue weighted by Crippen LogP contribution is -2.41. The SMILES string of the molecule is NC(=O)CN(CC(=O)O)C(=O)c1ccc(C(F)(F)F)cn1. The van der Waals surface area contributed by atoms with Crippen molar-refractivity contribution >= 4 is 17.8 Å². The maximum absolute atomic E-state index is 12.3. The Bertz CT molecular complexity index is 541. The van der Waals surface area contributed by atoms with Crippen molar-refractivity contribution in [1.29, 1.82) is 0 Å². The van der Waals surface area contributed by atoms with Crippen LogP contribution in [0.4, 0.5) is 13.2 Å². The summed E-state index contributed by atoms with van der Waals surface area (Å²) in [6.45, 7) is -1.52. The predicted octanol–water partition coefficient (Wildman–Crippen LogP) is 0.112. The molecule has 0 unspecified atom stereocenters. The molecule has 0 spiro atoms. The van der Waals surface area contributed by atoms with E-state index in [1.165, 1.54) is 0 Å². The summed E-state index contributed by atoms with van der Waals surface area (Å²) in [7, 11) is 0. The van der Waals surface area contributed by atoms with E-state index in [-0.39, 0.29) is 0 Å². The average molecular weight is 305 g/mol. The zero-order valence-electron chi connectivity index (χ0n) is 10.4. The third-order valence-electron chi connectivity index (χ3n) is 2.27. The van der Waals surface area contributed by atoms with E-state index in [9.17, 15) is 27.6 Å². The number of carboxylic acids is 1. The van der Waals surface area contributed by atoms with Crippen molar-refractivity contribution in [2.24, 2.45) is 5.73 Å². The molecule has 0 aliphatic carbocycles. The van der Waals surface area contributed by atoms with Gasteiger partial charge in [-0.2, -0.15) is 13.2 Å². The molecule has 0 saturated heterocycles. The molecule has 0 radical (unpaired) electrons. The maximum atomic E-state index is 12.3. The lowest BCUT2D eigenvalue weighted by molar-refractivity contribution is -0.138. The largest absolute Gasteiger partial charge is 0.480 e. The van der Waals surface area contributed by atoms with Crippen molar-refractivity contribution in [3.8, 4) is 0 Å². The van der Waals surface area contributed by atoms with Gasteiger partial charge in [-0.05, 0) is 12.1 Å². The van der Waals surface area contributed by atoms with Crippen molar-refractivity contribution < 1.29 is 32.7 Å². The fourth-order valence-electron chi connectivity index (χ4n) is 1.40. The lowest BCUT2D eigenvalue weighted by Gasteiger charge is -2.18. The Balaban J connectivity index is 2.98. The van der Waals surface area contributed by atoms with Crippen LogP contribution in [0.2, 0.25) is 0 Å². The summed E-state index contributed by atoms with van der Waals surface area (Å²) in [6, 6.07) is 1.42. The molecular weight excluding hydrogens is 295 g/mol. The Kier molecular flexibility index (Phi) is 4.84. The molecule has 1 rings (SSSR count). The van der Waals surface area contributed by atoms with Gasteiger partial charge in [0.1, 0.15) is 18.8 Å². The Hall–Kier alpha value is -2.65. The van der Waals surface area contributed by atoms with E-state index in [4.69, 9.17) is 10.8 Å². The van der Waals surface area contributed by atoms with Gasteiger partial charge in [-0.1, -0.05) is 0 Å². The molecule has 0 saturated carbocycles. The van der Waals surface area contributed by atoms with Gasteiger partial charge in [-0.25, -0.2) is 0 Å². The molecule has 0 fully saturated rings. The van der Waals surface area contributed by atoms with Crippen LogP contribution in [0.3, 0.4) is 0 Å². The van der Waals surface area contributed by atoms with Gasteiger partial charge in [0.15, 0.2) is 0 Å². The fourth-order valence-corrected chi connectivity index (χ4v) is 1.40. The molecule has 0 aliphatic rings. The molecule has 114 valence electrons. The molecule has 3 N–H and O–H groups in total. The second-order valence-corrected chi connectivity index (χ2v) is 3.95. The van der Waals surface area contributed by atoms with Crippen molar-refractivity contribution in [2.75, 3.05) is 13.1 Å². The number of nitrogens with zero attached hydrogens (tertiary/aromatic N) is 2. The third kappa shape index (κ3) is 4.75. The minimum absolute atomic E-state index is 0.425. The van der Waals surface area contributed by atoms with Crippen LogP contribution >= 0.6 is 0 Å². The Morgan fingerprint density at radius 2 is 1.86 bits per heavy atom. The van der Waals surface area contributed by atoms with Crippen LogP contribution in [0.25, 0.3) is 0 Å². The van der Waals surface area contributed by atoms with Crippen molar-refractivity contribution in [2.45, 2.75) is 6.18 Å². The predicted molar refractivity (Wildman–Crippen MR) is 62.0 cm³/mol. The zero-order valence-corrected chi connectivity index (χ0v) is 10.4. The number of rotatable bonds is 5. The van der Waals surface area contributed by atoms with Gasteiger partial charge in [-0.3, -0.25) is 19.4 Å². The third-order valence-corrected chi connectivity index (χ3v) is 2.27. The summed E-state index contributed by atoms with van der Waals surface area (Å²) >= 11 is 0. The number of hydrogen-bond acceptors (Lipinski definition) is 4. The van der Waals surface area contributed by atoms with E-state index in [1.807, 2.05) is 0 Å². The van der Waals surface area contributed by atoms with Crippen LogP contribution in [0, 0.1) is 0 Å². The van der Waals surface area contributed by atoms with Crippen LogP contribution < -0.4 is 5.73 Å². The number of primary amides is 1. The topological polar surface area (TPSA) is 114 Å². The van der Waals surface area contributed by atoms with Gasteiger partial charge in [-0.15, -0.1) is 0 Å². The van der Waals surface area contributed by atoms with Crippen LogP contribution in [0.1, 0.15) is 16.1 Å². The monoisotopic (exact) mass is 305 g/mol. The number of carbonyl (C=O) groups is 3. The second-order valence-electron chi connectivity index (χ2n) is 3.95. The molecule has 2 amide bonds. The molecular formula is C11H10F3N3O4. The van der Waals surface area contributed by atoms with Crippen LogP contribution in [0.15, 0.2) is 18.3 Å². The number of aromatic nitrogens is 1. The van der Waals surface area contributed by atoms with E-state index in [0.717, 1.165) is 6.07 Å². The van der Waals surface area contributed by atoms with Crippen molar-refractivity contribution in [1.82, 2.24) is 9.88 Å². The molecule has 0 atom stereocenters. The van der Waals surface area contributed by atoms with Crippen molar-refractivity contribution in [3.05, 3.63) is 29.6 Å². The second kappa shape index (κ2) is 6.20. The number of carbonyl (C=O) groups excluding carboxylic acids is 2. The number of pyridine rings is 1. The van der Waals surface area contributed by atoms with E-state index < -0.39 is 48.3 Å². The highest BCUT2D eigenvalue weighted by atomic mass is 19.4. The van der Waals surface area contributed by atoms with Gasteiger partial charge < -0.3 is 15.7 Å². The quantitative estimate of drug-likeness (QED) is 0.801. The lowest BCUT2D eigenvalue weighted by atomic mass is 10.2. The van der Waals surface area contributed by atoms with Crippen molar-refractivity contribution in [3.63, 3.8) is 0 Å². The highest BCUT2D eigenvalue weighted by Crippen LogP contribution is 2.28. The average Bonchev–Trinajstić information content (AvgIpc) is 2.35. The highest BCUT2D eigenvalue weighted by Gasteiger charge is 2.31. The Morgan fingerprint density at radius 3 is 2.24 bits per heavy atom. The van der Waals surface area contributed by atoms with E-state index in [0.29, 0.717) is 17.2 Å². The summed E-state index contributed by atoms with van der Waals surface area (Å²) in [6.07, 6.45) is -4.17. The first-order valence-electron chi connectivity index (χ1n) is 5.44. The summed E-state index contributed by atoms with van der Waals surface area (Å²) in [5.74, 6) is -3.38. The standard InChI is InChI=1S/C11H10F3N3O4/c12-11(13,14)6-1-2-7(16-3-6)10(21)17(4-8(15)18)5-9(19)20/h1-3H,4-5H2,(H2,15,18)(H,19,20). The van der Waals surface area contributed by atoms with Gasteiger partial charge in [0, 0.05) is 6.20 Å². The number of nitrogens with two attached hydrogens (primary N) is 1. The molecule has 0 bridgehead atoms. The fraction of sp³-hybridized carbons (Fsp3) is 0.273. The van der Waals surface area contributed by atoms with Crippen LogP contribution in [0.5, 0.6) is 0 Å². The Morgan fingerprint density at radius 1 is 1.24 bits per heavy atom. The highest BCUT2D eigenvalue weighted by molar-refractivity contribution is 5.96. The van der Waals surface area contributed by atoms with E-state index in [2.05, 4.69) is 4.98 Å². The zero-order chi connectivity index (χ0) is 16.2. The first-order chi connectivity index (χ1) is 9.61. The van der Waals surface area contributed by atoms with Gasteiger partial charge >= 0.3 is 12.1 Å². The summed E-state index contributed by atoms with van der Waals surface area (Å²) in [4.78, 5) is 37.2. The normalized spacial score (nSPS) is 11.0. The molecule has 0 aromatic carbocycles. The number of aliphatic carboxylic acids is 1. The molecule has 1 heterocycles. The summed E-state index contributed by atoms with van der Waals surface area (Å²) in [5.41, 5.74) is 3.39. The molecule has 1 aromatic rings. The van der Waals surface area contributed by atoms with Crippen LogP contribution in [-0.2, 0) is 15.8 Å². The smallest absolute Gasteiger partial charge is 0.417 e. The minimum atomic E-state index is -4.61. The molecule has 21 heavy (non-hydrogen) atoms. The van der Waals surface area contributed by atoms with E-state index in [1.54, 1.807) is 0 Å². The molecule has 1 aromatic heterocycles. The van der Waals surface area contributed by atoms with E-state index >= 15 is 0 Å². The van der Waals surface area contributed by atoms with Crippen LogP contribution in [-0.4, -0.2) is 45.9 Å². The number of hydrogen-bond donors (Lipinski definition) is 2.